The molecule has 0 spiro atoms. The summed E-state index contributed by atoms with van der Waals surface area (Å²) in [5, 5.41) is 19.4. The van der Waals surface area contributed by atoms with Crippen molar-refractivity contribution in [2.45, 2.75) is 49.7 Å². The lowest BCUT2D eigenvalue weighted by molar-refractivity contribution is -0.00766. The highest BCUT2D eigenvalue weighted by atomic mass is 32.2. The van der Waals surface area contributed by atoms with Gasteiger partial charge in [0.15, 0.2) is 0 Å². The van der Waals surface area contributed by atoms with Gasteiger partial charge in [-0.15, -0.1) is 0 Å². The van der Waals surface area contributed by atoms with Crippen molar-refractivity contribution in [3.8, 4) is 0 Å². The zero-order valence-corrected chi connectivity index (χ0v) is 22.3. The number of fused-ring (bicyclic) bond motifs is 7. The first kappa shape index (κ1) is 27.2. The number of anilines is 2. The van der Waals surface area contributed by atoms with Crippen molar-refractivity contribution in [1.82, 2.24) is 9.97 Å². The highest BCUT2D eigenvalue weighted by Gasteiger charge is 2.49. The number of rotatable bonds is 2. The lowest BCUT2D eigenvalue weighted by Gasteiger charge is -2.31. The first-order valence-corrected chi connectivity index (χ1v) is 14.4. The van der Waals surface area contributed by atoms with Crippen molar-refractivity contribution in [2.75, 3.05) is 36.1 Å². The molecule has 2 aliphatic rings. The molecular weight excluding hydrogens is 508 g/mol. The summed E-state index contributed by atoms with van der Waals surface area (Å²) in [5.41, 5.74) is 2.32. The Morgan fingerprint density at radius 2 is 1.82 bits per heavy atom. The zero-order chi connectivity index (χ0) is 26.2. The van der Waals surface area contributed by atoms with Crippen LogP contribution >= 0.6 is 0 Å². The molecular formula is C31H36N4O3S. The van der Waals surface area contributed by atoms with E-state index in [1.807, 2.05) is 61.5 Å². The summed E-state index contributed by atoms with van der Waals surface area (Å²) in [6, 6.07) is 24.2. The van der Waals surface area contributed by atoms with Crippen LogP contribution in [0.5, 0.6) is 0 Å². The molecule has 7 nitrogen and oxygen atoms in total. The second kappa shape index (κ2) is 11.0. The van der Waals surface area contributed by atoms with Gasteiger partial charge in [-0.2, -0.15) is 4.98 Å². The second-order valence-corrected chi connectivity index (χ2v) is 12.1. The molecule has 3 N–H and O–H groups in total. The van der Waals surface area contributed by atoms with E-state index >= 15 is 0 Å². The lowest BCUT2D eigenvalue weighted by Crippen LogP contribution is -2.41. The fourth-order valence-electron chi connectivity index (χ4n) is 5.65. The SMILES string of the molecule is C.Cc1ccc2nc3nc(c2c1)NCC1(O)COC(Cc2ccccc2)(Cc2ccccc2S(=O)CCN3)C1. The summed E-state index contributed by atoms with van der Waals surface area (Å²) in [6.07, 6.45) is 1.66. The Balaban J connectivity index is 0.00000308. The summed E-state index contributed by atoms with van der Waals surface area (Å²) >= 11 is 0. The highest BCUT2D eigenvalue weighted by Crippen LogP contribution is 2.40. The fraction of sp³-hybridized carbons (Fsp3) is 0.355. The van der Waals surface area contributed by atoms with Gasteiger partial charge in [-0.1, -0.05) is 67.6 Å². The number of aromatic nitrogens is 2. The van der Waals surface area contributed by atoms with E-state index in [0.717, 1.165) is 32.5 Å². The number of nitrogens with zero attached hydrogens (tertiary/aromatic N) is 2. The number of β-amino-alcohol motifs (C(OH)–C–C–N with tert-alkyl or cyclic N) is 1. The third kappa shape index (κ3) is 5.83. The van der Waals surface area contributed by atoms with Gasteiger partial charge < -0.3 is 20.5 Å². The van der Waals surface area contributed by atoms with Gasteiger partial charge in [-0.3, -0.25) is 4.21 Å². The van der Waals surface area contributed by atoms with Crippen molar-refractivity contribution in [3.63, 3.8) is 0 Å². The van der Waals surface area contributed by atoms with E-state index in [-0.39, 0.29) is 20.6 Å². The average Bonchev–Trinajstić information content (AvgIpc) is 3.23. The second-order valence-electron chi connectivity index (χ2n) is 10.6. The molecule has 3 heterocycles. The van der Waals surface area contributed by atoms with E-state index in [9.17, 15) is 9.32 Å². The van der Waals surface area contributed by atoms with Gasteiger partial charge in [0.05, 0.1) is 28.5 Å². The minimum absolute atomic E-state index is 0. The van der Waals surface area contributed by atoms with Gasteiger partial charge in [0.25, 0.3) is 0 Å². The Morgan fingerprint density at radius 1 is 1.03 bits per heavy atom. The van der Waals surface area contributed by atoms with Crippen molar-refractivity contribution >= 4 is 33.5 Å². The first-order chi connectivity index (χ1) is 18.4. The quantitative estimate of drug-likeness (QED) is 0.331. The van der Waals surface area contributed by atoms with Crippen LogP contribution < -0.4 is 10.6 Å². The molecule has 1 aromatic heterocycles. The Hall–Kier alpha value is -3.33. The minimum atomic E-state index is -1.22. The molecule has 1 fully saturated rings. The van der Waals surface area contributed by atoms with E-state index in [1.165, 1.54) is 0 Å². The van der Waals surface area contributed by atoms with Crippen LogP contribution in [0.3, 0.4) is 0 Å². The molecule has 0 amide bonds. The molecule has 8 heteroatoms. The number of hydrogen-bond donors (Lipinski definition) is 3. The molecule has 1 saturated heterocycles. The molecule has 3 unspecified atom stereocenters. The Kier molecular flexibility index (Phi) is 7.71. The van der Waals surface area contributed by atoms with Crippen LogP contribution in [0.25, 0.3) is 10.9 Å². The summed E-state index contributed by atoms with van der Waals surface area (Å²) in [7, 11) is -1.22. The van der Waals surface area contributed by atoms with Crippen LogP contribution in [-0.4, -0.2) is 55.9 Å². The topological polar surface area (TPSA) is 96.4 Å². The normalized spacial score (nSPS) is 24.8. The third-order valence-electron chi connectivity index (χ3n) is 7.40. The van der Waals surface area contributed by atoms with E-state index in [2.05, 4.69) is 33.8 Å². The molecule has 4 bridgehead atoms. The highest BCUT2D eigenvalue weighted by molar-refractivity contribution is 7.85. The molecule has 0 saturated carbocycles. The molecule has 4 aromatic rings. The lowest BCUT2D eigenvalue weighted by atomic mass is 9.81. The summed E-state index contributed by atoms with van der Waals surface area (Å²) in [6.45, 7) is 2.99. The van der Waals surface area contributed by atoms with Crippen molar-refractivity contribution in [1.29, 1.82) is 0 Å². The predicted molar refractivity (Wildman–Crippen MR) is 158 cm³/mol. The minimum Gasteiger partial charge on any atom is -0.386 e. The van der Waals surface area contributed by atoms with Gasteiger partial charge in [0, 0.05) is 48.4 Å². The maximum absolute atomic E-state index is 13.5. The maximum atomic E-state index is 13.5. The van der Waals surface area contributed by atoms with Crippen LogP contribution in [0.2, 0.25) is 0 Å². The van der Waals surface area contributed by atoms with Gasteiger partial charge in [0.2, 0.25) is 5.95 Å². The molecule has 204 valence electrons. The van der Waals surface area contributed by atoms with Crippen molar-refractivity contribution in [3.05, 3.63) is 89.5 Å². The standard InChI is InChI=1S/C30H32N4O3S.CH4/c1-21-11-12-25-24(15-21)27-32-19-29(35)18-30(37-20-29,16-22-7-3-2-4-8-22)17-23-9-5-6-10-26(23)38(36)14-13-31-28(33-25)34-27;/h2-12,15,35H,13-14,16-20H2,1H3,(H2,31,32,33,34);1H4. The van der Waals surface area contributed by atoms with E-state index < -0.39 is 22.0 Å². The predicted octanol–water partition coefficient (Wildman–Crippen LogP) is 4.89. The smallest absolute Gasteiger partial charge is 0.225 e. The number of aliphatic hydroxyl groups is 1. The number of nitrogens with one attached hydrogen (secondary N) is 2. The Labute approximate surface area is 232 Å². The van der Waals surface area contributed by atoms with Gasteiger partial charge in [-0.25, -0.2) is 4.98 Å². The van der Waals surface area contributed by atoms with Gasteiger partial charge in [0.1, 0.15) is 11.4 Å². The van der Waals surface area contributed by atoms with Crippen LogP contribution in [0.4, 0.5) is 11.8 Å². The number of benzene rings is 3. The molecule has 6 rings (SSSR count). The van der Waals surface area contributed by atoms with E-state index in [4.69, 9.17) is 9.72 Å². The maximum Gasteiger partial charge on any atom is 0.225 e. The van der Waals surface area contributed by atoms with Crippen LogP contribution in [0.1, 0.15) is 30.5 Å². The Morgan fingerprint density at radius 3 is 2.67 bits per heavy atom. The monoisotopic (exact) mass is 544 g/mol. The summed E-state index contributed by atoms with van der Waals surface area (Å²) in [4.78, 5) is 10.2. The molecule has 2 aliphatic heterocycles. The molecule has 0 radical (unpaired) electrons. The first-order valence-electron chi connectivity index (χ1n) is 13.0. The zero-order valence-electron chi connectivity index (χ0n) is 21.4. The number of hydrogen-bond acceptors (Lipinski definition) is 7. The van der Waals surface area contributed by atoms with Gasteiger partial charge in [-0.05, 0) is 36.2 Å². The van der Waals surface area contributed by atoms with E-state index in [1.54, 1.807) is 0 Å². The van der Waals surface area contributed by atoms with Crippen LogP contribution in [0, 0.1) is 6.92 Å². The van der Waals surface area contributed by atoms with Crippen LogP contribution in [0.15, 0.2) is 77.7 Å². The summed E-state index contributed by atoms with van der Waals surface area (Å²) < 4.78 is 20.0. The van der Waals surface area contributed by atoms with Crippen LogP contribution in [-0.2, 0) is 28.4 Å². The Bertz CT molecular complexity index is 1500. The average molecular weight is 545 g/mol. The van der Waals surface area contributed by atoms with Crippen molar-refractivity contribution < 1.29 is 14.1 Å². The fourth-order valence-corrected chi connectivity index (χ4v) is 6.82. The largest absolute Gasteiger partial charge is 0.386 e. The van der Waals surface area contributed by atoms with Gasteiger partial charge >= 0.3 is 0 Å². The number of aryl methyl sites for hydroxylation is 1. The number of ether oxygens (including phenoxy) is 1. The van der Waals surface area contributed by atoms with Crippen molar-refractivity contribution in [2.24, 2.45) is 0 Å². The summed E-state index contributed by atoms with van der Waals surface area (Å²) in [5.74, 6) is 1.55. The molecule has 3 aromatic carbocycles. The third-order valence-corrected chi connectivity index (χ3v) is 8.87. The molecule has 0 aliphatic carbocycles. The molecule has 3 atom stereocenters. The van der Waals surface area contributed by atoms with E-state index in [0.29, 0.717) is 43.3 Å². The molecule has 39 heavy (non-hydrogen) atoms.